The van der Waals surface area contributed by atoms with E-state index >= 15 is 0 Å². The van der Waals surface area contributed by atoms with Gasteiger partial charge in [0.15, 0.2) is 0 Å². The summed E-state index contributed by atoms with van der Waals surface area (Å²) >= 11 is 0. The number of carbonyl (C=O) groups excluding carboxylic acids is 1. The Labute approximate surface area is 153 Å². The number of sulfonamides is 1. The van der Waals surface area contributed by atoms with Gasteiger partial charge in [0.1, 0.15) is 10.6 Å². The molecule has 1 atom stereocenters. The van der Waals surface area contributed by atoms with Crippen LogP contribution in [0.5, 0.6) is 5.75 Å². The van der Waals surface area contributed by atoms with Crippen LogP contribution < -0.4 is 14.8 Å². The summed E-state index contributed by atoms with van der Waals surface area (Å²) in [5.74, 6) is -0.187. The molecule has 0 aliphatic rings. The highest BCUT2D eigenvalue weighted by molar-refractivity contribution is 7.89. The molecule has 2 aromatic rings. The van der Waals surface area contributed by atoms with E-state index in [-0.39, 0.29) is 34.2 Å². The van der Waals surface area contributed by atoms with Gasteiger partial charge in [0, 0.05) is 30.0 Å². The van der Waals surface area contributed by atoms with Gasteiger partial charge in [0.2, 0.25) is 10.0 Å². The summed E-state index contributed by atoms with van der Waals surface area (Å²) < 4.78 is 34.3. The Morgan fingerprint density at radius 2 is 2.04 bits per heavy atom. The molecule has 8 nitrogen and oxygen atoms in total. The van der Waals surface area contributed by atoms with Gasteiger partial charge in [-0.3, -0.25) is 9.48 Å². The zero-order valence-corrected chi connectivity index (χ0v) is 16.1. The van der Waals surface area contributed by atoms with Gasteiger partial charge in [-0.2, -0.15) is 5.10 Å². The van der Waals surface area contributed by atoms with E-state index < -0.39 is 10.0 Å². The Hall–Kier alpha value is -2.39. The first-order valence-electron chi connectivity index (χ1n) is 8.21. The van der Waals surface area contributed by atoms with Crippen molar-refractivity contribution in [2.75, 3.05) is 7.11 Å². The number of methoxy groups -OCH3 is 1. The molecule has 0 saturated heterocycles. The second-order valence-corrected chi connectivity index (χ2v) is 7.93. The van der Waals surface area contributed by atoms with Crippen LogP contribution in [0, 0.1) is 0 Å². The van der Waals surface area contributed by atoms with Gasteiger partial charge in [-0.1, -0.05) is 0 Å². The minimum atomic E-state index is -3.80. The quantitative estimate of drug-likeness (QED) is 0.721. The number of hydrogen-bond donors (Lipinski definition) is 2. The molecular formula is C17H24N4O4S. The van der Waals surface area contributed by atoms with Gasteiger partial charge in [0.25, 0.3) is 5.91 Å². The van der Waals surface area contributed by atoms with Crippen molar-refractivity contribution in [2.24, 2.45) is 0 Å². The van der Waals surface area contributed by atoms with Gasteiger partial charge in [-0.15, -0.1) is 0 Å². The van der Waals surface area contributed by atoms with Gasteiger partial charge < -0.3 is 10.1 Å². The second kappa shape index (κ2) is 8.33. The van der Waals surface area contributed by atoms with E-state index in [1.54, 1.807) is 37.0 Å². The standard InChI is InChI=1S/C17H24N4O4S/c1-12(2)20-26(23,24)16-10-14(6-7-15(16)25-4)17(22)19-13(3)11-21-9-5-8-18-21/h5-10,12-13,20H,11H2,1-4H3,(H,19,22)/t13-/m0/s1. The third-order valence-corrected chi connectivity index (χ3v) is 5.18. The molecule has 0 radical (unpaired) electrons. The number of hydrogen-bond acceptors (Lipinski definition) is 5. The van der Waals surface area contributed by atoms with Crippen molar-refractivity contribution in [2.45, 2.75) is 44.3 Å². The number of carbonyl (C=O) groups is 1. The zero-order valence-electron chi connectivity index (χ0n) is 15.3. The molecule has 0 saturated carbocycles. The van der Waals surface area contributed by atoms with Crippen LogP contribution in [0.25, 0.3) is 0 Å². The van der Waals surface area contributed by atoms with E-state index in [0.29, 0.717) is 6.54 Å². The molecule has 2 N–H and O–H groups in total. The number of nitrogens with one attached hydrogen (secondary N) is 2. The van der Waals surface area contributed by atoms with Crippen LogP contribution in [0.15, 0.2) is 41.6 Å². The summed E-state index contributed by atoms with van der Waals surface area (Å²) in [4.78, 5) is 12.4. The molecule has 0 bridgehead atoms. The summed E-state index contributed by atoms with van der Waals surface area (Å²) in [5, 5.41) is 6.93. The number of nitrogens with zero attached hydrogens (tertiary/aromatic N) is 2. The Morgan fingerprint density at radius 1 is 1.31 bits per heavy atom. The normalized spacial score (nSPS) is 12.8. The van der Waals surface area contributed by atoms with E-state index in [0.717, 1.165) is 0 Å². The van der Waals surface area contributed by atoms with Gasteiger partial charge >= 0.3 is 0 Å². The van der Waals surface area contributed by atoms with Crippen LogP contribution in [0.2, 0.25) is 0 Å². The predicted molar refractivity (Wildman–Crippen MR) is 97.6 cm³/mol. The molecule has 1 heterocycles. The second-order valence-electron chi connectivity index (χ2n) is 6.24. The lowest BCUT2D eigenvalue weighted by Gasteiger charge is -2.16. The smallest absolute Gasteiger partial charge is 0.251 e. The first kappa shape index (κ1) is 19.9. The summed E-state index contributed by atoms with van der Waals surface area (Å²) in [7, 11) is -2.41. The maximum absolute atomic E-state index is 12.5. The van der Waals surface area contributed by atoms with Crippen molar-refractivity contribution < 1.29 is 17.9 Å². The zero-order chi connectivity index (χ0) is 19.3. The third-order valence-electron chi connectivity index (χ3n) is 3.50. The molecule has 26 heavy (non-hydrogen) atoms. The monoisotopic (exact) mass is 380 g/mol. The fourth-order valence-corrected chi connectivity index (χ4v) is 3.89. The minimum absolute atomic E-state index is 0.0684. The molecule has 0 spiro atoms. The van der Waals surface area contributed by atoms with E-state index in [4.69, 9.17) is 4.74 Å². The molecular weight excluding hydrogens is 356 g/mol. The molecule has 0 fully saturated rings. The van der Waals surface area contributed by atoms with Crippen molar-refractivity contribution in [3.63, 3.8) is 0 Å². The van der Waals surface area contributed by atoms with E-state index in [9.17, 15) is 13.2 Å². The Balaban J connectivity index is 2.21. The highest BCUT2D eigenvalue weighted by atomic mass is 32.2. The fraction of sp³-hybridized carbons (Fsp3) is 0.412. The van der Waals surface area contributed by atoms with Gasteiger partial charge in [-0.05, 0) is 45.0 Å². The van der Waals surface area contributed by atoms with Crippen molar-refractivity contribution in [3.8, 4) is 5.75 Å². The first-order valence-corrected chi connectivity index (χ1v) is 9.70. The van der Waals surface area contributed by atoms with Crippen LogP contribution in [-0.4, -0.2) is 43.3 Å². The lowest BCUT2D eigenvalue weighted by Crippen LogP contribution is -2.36. The molecule has 2 rings (SSSR count). The van der Waals surface area contributed by atoms with Crippen molar-refractivity contribution in [1.29, 1.82) is 0 Å². The minimum Gasteiger partial charge on any atom is -0.495 e. The lowest BCUT2D eigenvalue weighted by atomic mass is 10.2. The number of rotatable bonds is 8. The Bertz CT molecular complexity index is 848. The molecule has 0 aliphatic heterocycles. The summed E-state index contributed by atoms with van der Waals surface area (Å²) in [5.41, 5.74) is 0.238. The number of amides is 1. The largest absolute Gasteiger partial charge is 0.495 e. The molecule has 1 aromatic heterocycles. The molecule has 142 valence electrons. The maximum Gasteiger partial charge on any atom is 0.251 e. The summed E-state index contributed by atoms with van der Waals surface area (Å²) in [6.07, 6.45) is 3.47. The van der Waals surface area contributed by atoms with E-state index in [1.807, 2.05) is 6.92 Å². The predicted octanol–water partition coefficient (Wildman–Crippen LogP) is 1.40. The molecule has 1 amide bonds. The van der Waals surface area contributed by atoms with Crippen LogP contribution in [-0.2, 0) is 16.6 Å². The molecule has 0 unspecified atom stereocenters. The molecule has 9 heteroatoms. The maximum atomic E-state index is 12.5. The highest BCUT2D eigenvalue weighted by Crippen LogP contribution is 2.25. The number of aromatic nitrogens is 2. The van der Waals surface area contributed by atoms with Crippen molar-refractivity contribution in [3.05, 3.63) is 42.2 Å². The first-order chi connectivity index (χ1) is 12.2. The highest BCUT2D eigenvalue weighted by Gasteiger charge is 2.23. The van der Waals surface area contributed by atoms with Crippen LogP contribution >= 0.6 is 0 Å². The van der Waals surface area contributed by atoms with Crippen LogP contribution in [0.4, 0.5) is 0 Å². The van der Waals surface area contributed by atoms with Crippen LogP contribution in [0.3, 0.4) is 0 Å². The topological polar surface area (TPSA) is 102 Å². The van der Waals surface area contributed by atoms with Crippen molar-refractivity contribution in [1.82, 2.24) is 19.8 Å². The van der Waals surface area contributed by atoms with Crippen LogP contribution in [0.1, 0.15) is 31.1 Å². The average Bonchev–Trinajstić information content (AvgIpc) is 3.05. The fourth-order valence-electron chi connectivity index (χ4n) is 2.44. The molecule has 1 aromatic carbocycles. The Morgan fingerprint density at radius 3 is 2.62 bits per heavy atom. The van der Waals surface area contributed by atoms with Gasteiger partial charge in [-0.25, -0.2) is 13.1 Å². The number of ether oxygens (including phenoxy) is 1. The SMILES string of the molecule is COc1ccc(C(=O)N[C@@H](C)Cn2cccn2)cc1S(=O)(=O)NC(C)C. The van der Waals surface area contributed by atoms with E-state index in [1.165, 1.54) is 25.3 Å². The Kier molecular flexibility index (Phi) is 6.38. The third kappa shape index (κ3) is 5.06. The van der Waals surface area contributed by atoms with Gasteiger partial charge in [0.05, 0.1) is 13.7 Å². The van der Waals surface area contributed by atoms with Crippen molar-refractivity contribution >= 4 is 15.9 Å². The molecule has 0 aliphatic carbocycles. The average molecular weight is 380 g/mol. The van der Waals surface area contributed by atoms with E-state index in [2.05, 4.69) is 15.1 Å². The lowest BCUT2D eigenvalue weighted by molar-refractivity contribution is 0.0935. The number of benzene rings is 1. The summed E-state index contributed by atoms with van der Waals surface area (Å²) in [6.45, 7) is 5.80. The summed E-state index contributed by atoms with van der Waals surface area (Å²) in [6, 6.07) is 5.66.